The zero-order valence-electron chi connectivity index (χ0n) is 8.06. The first-order chi connectivity index (χ1) is 7.00. The van der Waals surface area contributed by atoms with E-state index in [0.717, 1.165) is 5.69 Å². The number of aromatic nitrogens is 1. The van der Waals surface area contributed by atoms with Crippen molar-refractivity contribution in [1.29, 1.82) is 0 Å². The number of carboxylic acids is 1. The van der Waals surface area contributed by atoms with Crippen molar-refractivity contribution < 1.29 is 19.5 Å². The number of ketones is 2. The first kappa shape index (κ1) is 11.0. The lowest BCUT2D eigenvalue weighted by Gasteiger charge is -1.98. The highest BCUT2D eigenvalue weighted by Crippen LogP contribution is 2.03. The van der Waals surface area contributed by atoms with Crippen molar-refractivity contribution >= 4 is 17.5 Å². The van der Waals surface area contributed by atoms with Crippen LogP contribution in [0.1, 0.15) is 22.5 Å². The van der Waals surface area contributed by atoms with Gasteiger partial charge in [0, 0.05) is 17.5 Å². The maximum Gasteiger partial charge on any atom is 0.372 e. The fraction of sp³-hybridized carbons (Fsp3) is 0.200. The summed E-state index contributed by atoms with van der Waals surface area (Å²) in [4.78, 5) is 36.2. The molecule has 78 valence electrons. The normalized spacial score (nSPS) is 9.67. The van der Waals surface area contributed by atoms with Gasteiger partial charge in [0.15, 0.2) is 5.78 Å². The van der Waals surface area contributed by atoms with E-state index in [1.54, 1.807) is 13.0 Å². The van der Waals surface area contributed by atoms with Crippen LogP contribution in [0.25, 0.3) is 0 Å². The van der Waals surface area contributed by atoms with Crippen LogP contribution >= 0.6 is 0 Å². The first-order valence-electron chi connectivity index (χ1n) is 4.22. The van der Waals surface area contributed by atoms with E-state index in [1.165, 1.54) is 12.3 Å². The van der Waals surface area contributed by atoms with Gasteiger partial charge in [-0.25, -0.2) is 4.79 Å². The molecule has 1 N–H and O–H groups in total. The molecule has 1 aromatic heterocycles. The minimum Gasteiger partial charge on any atom is -0.475 e. The molecule has 1 rings (SSSR count). The van der Waals surface area contributed by atoms with Crippen molar-refractivity contribution in [3.8, 4) is 0 Å². The molecule has 5 heteroatoms. The summed E-state index contributed by atoms with van der Waals surface area (Å²) < 4.78 is 0. The number of aliphatic carboxylic acids is 1. The molecule has 0 atom stereocenters. The van der Waals surface area contributed by atoms with Crippen LogP contribution in [0.4, 0.5) is 0 Å². The number of Topliss-reactive ketones (excluding diaryl/α,β-unsaturated/α-hetero) is 2. The number of hydrogen-bond donors (Lipinski definition) is 1. The molecule has 0 fully saturated rings. The van der Waals surface area contributed by atoms with E-state index >= 15 is 0 Å². The number of carbonyl (C=O) groups excluding carboxylic acids is 2. The zero-order chi connectivity index (χ0) is 11.4. The predicted molar refractivity (Wildman–Crippen MR) is 50.6 cm³/mol. The molecule has 0 bridgehead atoms. The summed E-state index contributed by atoms with van der Waals surface area (Å²) in [6.45, 7) is 1.76. The van der Waals surface area contributed by atoms with E-state index in [9.17, 15) is 14.4 Å². The molecular weight excluding hydrogens is 198 g/mol. The lowest BCUT2D eigenvalue weighted by molar-refractivity contribution is -0.148. The lowest BCUT2D eigenvalue weighted by atomic mass is 10.1. The van der Waals surface area contributed by atoms with Crippen LogP contribution in [0.5, 0.6) is 0 Å². The molecule has 0 unspecified atom stereocenters. The molecule has 5 nitrogen and oxygen atoms in total. The molecule has 0 aromatic carbocycles. The van der Waals surface area contributed by atoms with Crippen molar-refractivity contribution in [1.82, 2.24) is 4.98 Å². The summed E-state index contributed by atoms with van der Waals surface area (Å²) in [7, 11) is 0. The molecule has 0 aliphatic rings. The average Bonchev–Trinajstić information content (AvgIpc) is 2.18. The van der Waals surface area contributed by atoms with Crippen LogP contribution < -0.4 is 0 Å². The third kappa shape index (κ3) is 2.98. The van der Waals surface area contributed by atoms with Gasteiger partial charge in [-0.05, 0) is 19.1 Å². The second-order valence-corrected chi connectivity index (χ2v) is 3.02. The van der Waals surface area contributed by atoms with Crippen LogP contribution in [0, 0.1) is 6.92 Å². The Labute approximate surface area is 85.8 Å². The number of rotatable bonds is 4. The van der Waals surface area contributed by atoms with E-state index in [1.807, 2.05) is 0 Å². The lowest BCUT2D eigenvalue weighted by Crippen LogP contribution is -2.17. The molecule has 1 heterocycles. The Bertz CT molecular complexity index is 408. The summed E-state index contributed by atoms with van der Waals surface area (Å²) in [6.07, 6.45) is 0.701. The maximum absolute atomic E-state index is 11.3. The van der Waals surface area contributed by atoms with Crippen molar-refractivity contribution in [3.63, 3.8) is 0 Å². The van der Waals surface area contributed by atoms with Crippen LogP contribution in [-0.2, 0) is 9.59 Å². The number of nitrogens with zero attached hydrogens (tertiary/aromatic N) is 1. The van der Waals surface area contributed by atoms with Crippen molar-refractivity contribution in [2.24, 2.45) is 0 Å². The summed E-state index contributed by atoms with van der Waals surface area (Å²) in [5.41, 5.74) is 0.992. The quantitative estimate of drug-likeness (QED) is 0.444. The van der Waals surface area contributed by atoms with Gasteiger partial charge < -0.3 is 5.11 Å². The smallest absolute Gasteiger partial charge is 0.372 e. The van der Waals surface area contributed by atoms with E-state index in [2.05, 4.69) is 4.98 Å². The second kappa shape index (κ2) is 4.45. The molecule has 15 heavy (non-hydrogen) atoms. The van der Waals surface area contributed by atoms with Gasteiger partial charge in [0.25, 0.3) is 0 Å². The van der Waals surface area contributed by atoms with E-state index in [0.29, 0.717) is 0 Å². The standard InChI is InChI=1S/C10H9NO4/c1-6-2-3-7(5-11-6)8(12)4-9(13)10(14)15/h2-3,5H,4H2,1H3,(H,14,15). The Kier molecular flexibility index (Phi) is 3.28. The highest BCUT2D eigenvalue weighted by molar-refractivity contribution is 6.37. The van der Waals surface area contributed by atoms with Crippen LogP contribution in [-0.4, -0.2) is 27.6 Å². The minimum atomic E-state index is -1.59. The van der Waals surface area contributed by atoms with Gasteiger partial charge in [0.05, 0.1) is 6.42 Å². The molecule has 0 saturated heterocycles. The first-order valence-corrected chi connectivity index (χ1v) is 4.22. The minimum absolute atomic E-state index is 0.246. The van der Waals surface area contributed by atoms with Crippen molar-refractivity contribution in [2.45, 2.75) is 13.3 Å². The van der Waals surface area contributed by atoms with Crippen LogP contribution in [0.2, 0.25) is 0 Å². The molecular formula is C10H9NO4. The summed E-state index contributed by atoms with van der Waals surface area (Å²) in [5, 5.41) is 8.30. The summed E-state index contributed by atoms with van der Waals surface area (Å²) in [5.74, 6) is -3.24. The van der Waals surface area contributed by atoms with Gasteiger partial charge in [-0.1, -0.05) is 0 Å². The largest absolute Gasteiger partial charge is 0.475 e. The molecule has 0 saturated carbocycles. The van der Waals surface area contributed by atoms with Crippen LogP contribution in [0.3, 0.4) is 0 Å². The zero-order valence-corrected chi connectivity index (χ0v) is 8.06. The van der Waals surface area contributed by atoms with Crippen molar-refractivity contribution in [3.05, 3.63) is 29.6 Å². The topological polar surface area (TPSA) is 84.3 Å². The third-order valence-electron chi connectivity index (χ3n) is 1.79. The van der Waals surface area contributed by atoms with E-state index < -0.39 is 24.0 Å². The predicted octanol–water partition coefficient (Wildman–Crippen LogP) is 0.617. The van der Waals surface area contributed by atoms with Gasteiger partial charge in [0.2, 0.25) is 5.78 Å². The monoisotopic (exact) mass is 207 g/mol. The van der Waals surface area contributed by atoms with Gasteiger partial charge in [-0.15, -0.1) is 0 Å². The van der Waals surface area contributed by atoms with E-state index in [4.69, 9.17) is 5.11 Å². The number of hydrogen-bond acceptors (Lipinski definition) is 4. The highest BCUT2D eigenvalue weighted by atomic mass is 16.4. The fourth-order valence-corrected chi connectivity index (χ4v) is 0.956. The van der Waals surface area contributed by atoms with Gasteiger partial charge in [-0.2, -0.15) is 0 Å². The van der Waals surface area contributed by atoms with Gasteiger partial charge in [-0.3, -0.25) is 14.6 Å². The fourth-order valence-electron chi connectivity index (χ4n) is 0.956. The van der Waals surface area contributed by atoms with Gasteiger partial charge in [0.1, 0.15) is 0 Å². The number of carbonyl (C=O) groups is 3. The molecule has 0 aliphatic carbocycles. The third-order valence-corrected chi connectivity index (χ3v) is 1.79. The molecule has 0 aliphatic heterocycles. The Hall–Kier alpha value is -2.04. The summed E-state index contributed by atoms with van der Waals surface area (Å²) in [6, 6.07) is 3.14. The van der Waals surface area contributed by atoms with E-state index in [-0.39, 0.29) is 5.56 Å². The molecule has 0 spiro atoms. The molecule has 0 radical (unpaired) electrons. The number of aryl methyl sites for hydroxylation is 1. The average molecular weight is 207 g/mol. The molecule has 0 amide bonds. The maximum atomic E-state index is 11.3. The highest BCUT2D eigenvalue weighted by Gasteiger charge is 2.17. The Morgan fingerprint density at radius 3 is 2.47 bits per heavy atom. The second-order valence-electron chi connectivity index (χ2n) is 3.02. The Morgan fingerprint density at radius 2 is 2.00 bits per heavy atom. The number of carboxylic acid groups (broad SMARTS) is 1. The Morgan fingerprint density at radius 1 is 1.33 bits per heavy atom. The SMILES string of the molecule is Cc1ccc(C(=O)CC(=O)C(=O)O)cn1. The van der Waals surface area contributed by atoms with Crippen LogP contribution in [0.15, 0.2) is 18.3 Å². The molecule has 1 aromatic rings. The summed E-state index contributed by atoms with van der Waals surface area (Å²) >= 11 is 0. The van der Waals surface area contributed by atoms with Gasteiger partial charge >= 0.3 is 5.97 Å². The van der Waals surface area contributed by atoms with Crippen molar-refractivity contribution in [2.75, 3.05) is 0 Å². The number of pyridine rings is 1. The Balaban J connectivity index is 2.74.